The fourth-order valence-electron chi connectivity index (χ4n) is 6.76. The summed E-state index contributed by atoms with van der Waals surface area (Å²) in [7, 11) is -8.67. The second-order valence-electron chi connectivity index (χ2n) is 14.9. The molecule has 2 aromatic carbocycles. The Morgan fingerprint density at radius 1 is 0.377 bits per heavy atom. The van der Waals surface area contributed by atoms with Crippen LogP contribution in [0.15, 0.2) is 58.3 Å². The largest absolute Gasteiger partial charge is 2.00 e. The Balaban J connectivity index is 0.00000100. The average molecular weight is 803 g/mol. The number of aryl methyl sites for hydroxylation is 2. The van der Waals surface area contributed by atoms with Gasteiger partial charge in [-0.05, 0) is 61.1 Å². The van der Waals surface area contributed by atoms with Gasteiger partial charge in [0.1, 0.15) is 20.2 Å². The molecule has 9 heteroatoms. The Labute approximate surface area is 357 Å². The van der Waals surface area contributed by atoms with Gasteiger partial charge in [0.05, 0.1) is 9.79 Å². The minimum absolute atomic E-state index is 0. The van der Waals surface area contributed by atoms with Crippen LogP contribution in [0.4, 0.5) is 0 Å². The van der Waals surface area contributed by atoms with E-state index in [0.717, 1.165) is 36.8 Å². The van der Waals surface area contributed by atoms with Crippen LogP contribution >= 0.6 is 0 Å². The van der Waals surface area contributed by atoms with Crippen molar-refractivity contribution in [2.45, 2.75) is 216 Å². The fourth-order valence-corrected chi connectivity index (χ4v) is 7.84. The summed E-state index contributed by atoms with van der Waals surface area (Å²) in [6.07, 6.45) is 38.9. The third-order valence-electron chi connectivity index (χ3n) is 10.0. The van der Waals surface area contributed by atoms with E-state index in [9.17, 15) is 25.9 Å². The Morgan fingerprint density at radius 2 is 0.604 bits per heavy atom. The first-order valence-corrected chi connectivity index (χ1v) is 24.0. The van der Waals surface area contributed by atoms with Crippen molar-refractivity contribution in [3.05, 3.63) is 59.7 Å². The molecule has 2 rings (SSSR count). The van der Waals surface area contributed by atoms with Crippen molar-refractivity contribution >= 4 is 58.0 Å². The molecule has 0 saturated carbocycles. The summed E-state index contributed by atoms with van der Waals surface area (Å²) < 4.78 is 66.2. The molecule has 0 aliphatic rings. The Morgan fingerprint density at radius 3 is 0.830 bits per heavy atom. The zero-order valence-corrected chi connectivity index (χ0v) is 37.6. The minimum Gasteiger partial charge on any atom is -0.744 e. The van der Waals surface area contributed by atoms with Gasteiger partial charge in [0.15, 0.2) is 0 Å². The van der Waals surface area contributed by atoms with E-state index in [1.807, 2.05) is 12.1 Å². The second kappa shape index (κ2) is 34.7. The number of rotatable bonds is 32. The van der Waals surface area contributed by atoms with E-state index in [0.29, 0.717) is 0 Å². The minimum atomic E-state index is -4.33. The topological polar surface area (TPSA) is 114 Å². The molecule has 0 aliphatic heterocycles. The molecule has 0 aliphatic carbocycles. The molecule has 0 aromatic heterocycles. The summed E-state index contributed by atoms with van der Waals surface area (Å²) in [5.74, 6) is 0. The van der Waals surface area contributed by atoms with Crippen LogP contribution in [0.25, 0.3) is 0 Å². The van der Waals surface area contributed by atoms with E-state index < -0.39 is 20.2 Å². The number of hydrogen-bond donors (Lipinski definition) is 0. The van der Waals surface area contributed by atoms with Gasteiger partial charge >= 0.3 is 37.7 Å². The van der Waals surface area contributed by atoms with E-state index in [4.69, 9.17) is 0 Å². The van der Waals surface area contributed by atoms with Crippen LogP contribution in [0, 0.1) is 0 Å². The van der Waals surface area contributed by atoms with E-state index in [-0.39, 0.29) is 47.5 Å². The van der Waals surface area contributed by atoms with Crippen molar-refractivity contribution in [2.24, 2.45) is 0 Å². The maximum atomic E-state index is 11.0. The molecule has 0 atom stereocenters. The Bertz CT molecular complexity index is 1240. The molecule has 0 spiro atoms. The number of unbranched alkanes of at least 4 members (excludes halogenated alkanes) is 26. The van der Waals surface area contributed by atoms with Gasteiger partial charge in [0, 0.05) is 0 Å². The fraction of sp³-hybridized carbons (Fsp3) is 0.727. The summed E-state index contributed by atoms with van der Waals surface area (Å²) >= 11 is 0. The van der Waals surface area contributed by atoms with Gasteiger partial charge in [0.25, 0.3) is 0 Å². The summed E-state index contributed by atoms with van der Waals surface area (Å²) in [5.41, 5.74) is 1.89. The Hall–Kier alpha value is -0.480. The van der Waals surface area contributed by atoms with Crippen LogP contribution in [-0.2, 0) is 33.1 Å². The first-order valence-electron chi connectivity index (χ1n) is 21.2. The van der Waals surface area contributed by atoms with Gasteiger partial charge in [-0.2, -0.15) is 0 Å². The first kappa shape index (κ1) is 52.5. The molecular weight excluding hydrogens is 729 g/mol. The van der Waals surface area contributed by atoms with Crippen LogP contribution < -0.4 is 0 Å². The molecular formula is C44H74CaO6S2. The van der Waals surface area contributed by atoms with Crippen molar-refractivity contribution in [3.8, 4) is 0 Å². The summed E-state index contributed by atoms with van der Waals surface area (Å²) in [6, 6.07) is 12.9. The molecule has 0 N–H and O–H groups in total. The number of benzene rings is 2. The van der Waals surface area contributed by atoms with Crippen LogP contribution in [0.5, 0.6) is 0 Å². The monoisotopic (exact) mass is 802 g/mol. The SMILES string of the molecule is CCCCCCCCCCCCCCCCc1cccc(S(=O)(=O)[O-])c1.CCCCCCCCCCCCCCCCc1cccc(S(=O)(=O)[O-])c1.[Ca+2]. The van der Waals surface area contributed by atoms with Gasteiger partial charge in [-0.15, -0.1) is 0 Å². The summed E-state index contributed by atoms with van der Waals surface area (Å²) in [4.78, 5) is -0.222. The quantitative estimate of drug-likeness (QED) is 0.0413. The third kappa shape index (κ3) is 31.3. The predicted molar refractivity (Wildman–Crippen MR) is 223 cm³/mol. The second-order valence-corrected chi connectivity index (χ2v) is 17.7. The molecule has 0 fully saturated rings. The van der Waals surface area contributed by atoms with E-state index in [1.165, 1.54) is 191 Å². The van der Waals surface area contributed by atoms with Crippen molar-refractivity contribution in [1.29, 1.82) is 0 Å². The maximum Gasteiger partial charge on any atom is 2.00 e. The maximum absolute atomic E-state index is 11.0. The molecule has 2 aromatic rings. The van der Waals surface area contributed by atoms with Gasteiger partial charge in [-0.3, -0.25) is 0 Å². The zero-order valence-electron chi connectivity index (χ0n) is 33.8. The van der Waals surface area contributed by atoms with Crippen molar-refractivity contribution in [1.82, 2.24) is 0 Å². The predicted octanol–water partition coefficient (Wildman–Crippen LogP) is 12.8. The Kier molecular flexibility index (Phi) is 34.4. The van der Waals surface area contributed by atoms with E-state index in [1.54, 1.807) is 12.1 Å². The molecule has 6 nitrogen and oxygen atoms in total. The van der Waals surface area contributed by atoms with Crippen LogP contribution in [0.1, 0.15) is 205 Å². The first-order chi connectivity index (χ1) is 25.1. The zero-order chi connectivity index (χ0) is 38.2. The van der Waals surface area contributed by atoms with Gasteiger partial charge in [0.2, 0.25) is 0 Å². The van der Waals surface area contributed by atoms with Crippen LogP contribution in [0.3, 0.4) is 0 Å². The molecule has 0 unspecified atom stereocenters. The van der Waals surface area contributed by atoms with Crippen molar-refractivity contribution < 1.29 is 25.9 Å². The van der Waals surface area contributed by atoms with Crippen molar-refractivity contribution in [2.75, 3.05) is 0 Å². The van der Waals surface area contributed by atoms with Gasteiger partial charge in [-0.25, -0.2) is 16.8 Å². The van der Waals surface area contributed by atoms with Gasteiger partial charge < -0.3 is 9.11 Å². The standard InChI is InChI=1S/2C22H38O3S.Ca/c2*1-2-3-4-5-6-7-8-9-10-11-12-13-14-15-17-21-18-16-19-22(20-21)26(23,24)25;/h2*16,18-20H,2-15,17H2,1H3,(H,23,24,25);/q;;+2/p-2. The summed E-state index contributed by atoms with van der Waals surface area (Å²) in [6.45, 7) is 4.53. The molecule has 53 heavy (non-hydrogen) atoms. The van der Waals surface area contributed by atoms with Gasteiger partial charge in [-0.1, -0.05) is 205 Å². The van der Waals surface area contributed by atoms with Crippen LogP contribution in [-0.4, -0.2) is 63.7 Å². The molecule has 0 radical (unpaired) electrons. The van der Waals surface area contributed by atoms with E-state index >= 15 is 0 Å². The molecule has 0 heterocycles. The smallest absolute Gasteiger partial charge is 0.744 e. The van der Waals surface area contributed by atoms with Crippen LogP contribution in [0.2, 0.25) is 0 Å². The van der Waals surface area contributed by atoms with E-state index in [2.05, 4.69) is 13.8 Å². The molecule has 0 bridgehead atoms. The molecule has 300 valence electrons. The third-order valence-corrected chi connectivity index (χ3v) is 11.7. The van der Waals surface area contributed by atoms with Crippen molar-refractivity contribution in [3.63, 3.8) is 0 Å². The average Bonchev–Trinajstić information content (AvgIpc) is 3.12. The molecule has 0 saturated heterocycles. The molecule has 0 amide bonds. The number of hydrogen-bond acceptors (Lipinski definition) is 6. The normalized spacial score (nSPS) is 11.5. The summed E-state index contributed by atoms with van der Waals surface area (Å²) in [5, 5.41) is 0.